The fourth-order valence-corrected chi connectivity index (χ4v) is 4.69. The Balaban J connectivity index is 1.80. The topological polar surface area (TPSA) is 79.4 Å². The van der Waals surface area contributed by atoms with Gasteiger partial charge in [-0.15, -0.1) is 11.3 Å². The molecule has 7 heteroatoms. The molecule has 0 unspecified atom stereocenters. The zero-order valence-corrected chi connectivity index (χ0v) is 15.3. The molecule has 0 aromatic carbocycles. The first-order valence-corrected chi connectivity index (χ1v) is 9.29. The third-order valence-corrected chi connectivity index (χ3v) is 5.71. The normalized spacial score (nSPS) is 15.2. The number of hydrogen-bond acceptors (Lipinski definition) is 6. The number of hydrogen-bond donors (Lipinski definition) is 2. The summed E-state index contributed by atoms with van der Waals surface area (Å²) in [7, 11) is 0. The highest BCUT2D eigenvalue weighted by Gasteiger charge is 2.26. The lowest BCUT2D eigenvalue weighted by Crippen LogP contribution is -2.19. The summed E-state index contributed by atoms with van der Waals surface area (Å²) in [5.74, 6) is 3.70. The van der Waals surface area contributed by atoms with Crippen molar-refractivity contribution in [2.45, 2.75) is 53.0 Å². The van der Waals surface area contributed by atoms with Gasteiger partial charge >= 0.3 is 0 Å². The number of H-pyrrole nitrogens is 1. The van der Waals surface area contributed by atoms with E-state index in [9.17, 15) is 0 Å². The number of thiophene rings is 1. The first-order valence-electron chi connectivity index (χ1n) is 8.47. The Hall–Kier alpha value is -2.02. The van der Waals surface area contributed by atoms with Gasteiger partial charge in [0.05, 0.1) is 11.4 Å². The van der Waals surface area contributed by atoms with Gasteiger partial charge in [0.1, 0.15) is 22.3 Å². The van der Waals surface area contributed by atoms with Crippen LogP contribution in [-0.4, -0.2) is 25.1 Å². The van der Waals surface area contributed by atoms with Gasteiger partial charge in [-0.25, -0.2) is 15.0 Å². The number of nitrogens with zero attached hydrogens (tertiary/aromatic N) is 4. The Morgan fingerprint density at radius 1 is 1.12 bits per heavy atom. The predicted octanol–water partition coefficient (Wildman–Crippen LogP) is 3.72. The molecule has 1 atom stereocenters. The monoisotopic (exact) mass is 342 g/mol. The molecule has 3 aromatic rings. The minimum atomic E-state index is 0.0180. The molecule has 0 radical (unpaired) electrons. The van der Waals surface area contributed by atoms with Crippen molar-refractivity contribution in [3.8, 4) is 0 Å². The van der Waals surface area contributed by atoms with Crippen molar-refractivity contribution in [1.82, 2.24) is 25.1 Å². The van der Waals surface area contributed by atoms with Gasteiger partial charge in [-0.05, 0) is 44.6 Å². The molecular weight excluding hydrogens is 320 g/mol. The molecule has 3 heterocycles. The summed E-state index contributed by atoms with van der Waals surface area (Å²) < 4.78 is 0. The second-order valence-electron chi connectivity index (χ2n) is 6.80. The summed E-state index contributed by atoms with van der Waals surface area (Å²) in [6.07, 6.45) is 3.53. The third kappa shape index (κ3) is 2.56. The molecule has 24 heavy (non-hydrogen) atoms. The van der Waals surface area contributed by atoms with Crippen LogP contribution in [0.4, 0.5) is 5.82 Å². The quantitative estimate of drug-likeness (QED) is 0.755. The minimum Gasteiger partial charge on any atom is -0.359 e. The van der Waals surface area contributed by atoms with Gasteiger partial charge in [0.25, 0.3) is 0 Å². The second-order valence-corrected chi connectivity index (χ2v) is 7.89. The Kier molecular flexibility index (Phi) is 3.75. The average Bonchev–Trinajstić information content (AvgIpc) is 3.19. The van der Waals surface area contributed by atoms with Crippen molar-refractivity contribution in [2.24, 2.45) is 5.92 Å². The number of fused-ring (bicyclic) bond motifs is 3. The molecule has 1 aliphatic rings. The van der Waals surface area contributed by atoms with Crippen LogP contribution in [0.1, 0.15) is 54.2 Å². The number of aromatic nitrogens is 5. The van der Waals surface area contributed by atoms with Crippen LogP contribution in [0.15, 0.2) is 0 Å². The largest absolute Gasteiger partial charge is 0.359 e. The Bertz CT molecular complexity index is 894. The average molecular weight is 342 g/mol. The van der Waals surface area contributed by atoms with Crippen LogP contribution < -0.4 is 5.32 Å². The molecule has 0 aliphatic heterocycles. The van der Waals surface area contributed by atoms with Crippen molar-refractivity contribution in [2.75, 3.05) is 5.32 Å². The fraction of sp³-hybridized carbons (Fsp3) is 0.529. The zero-order chi connectivity index (χ0) is 16.8. The van der Waals surface area contributed by atoms with E-state index in [1.807, 2.05) is 25.2 Å². The highest BCUT2D eigenvalue weighted by Crippen LogP contribution is 2.40. The van der Waals surface area contributed by atoms with E-state index >= 15 is 0 Å². The Morgan fingerprint density at radius 3 is 2.67 bits per heavy atom. The van der Waals surface area contributed by atoms with Crippen molar-refractivity contribution in [1.29, 1.82) is 0 Å². The van der Waals surface area contributed by atoms with Gasteiger partial charge in [0.15, 0.2) is 5.82 Å². The lowest BCUT2D eigenvalue weighted by Gasteiger charge is -2.21. The molecule has 126 valence electrons. The standard InChI is InChI=1S/C17H22N6S/c1-8(2)14(16-19-10(4)22-23-16)21-15-13-11-6-5-7-12(11)24-17(13)20-9(3)18-15/h8,14H,5-7H2,1-4H3,(H,18,20,21)(H,19,22,23)/t14-/m1/s1. The van der Waals surface area contributed by atoms with Crippen molar-refractivity contribution in [3.63, 3.8) is 0 Å². The number of rotatable bonds is 4. The molecule has 0 spiro atoms. The molecule has 0 saturated heterocycles. The van der Waals surface area contributed by atoms with E-state index < -0.39 is 0 Å². The van der Waals surface area contributed by atoms with Gasteiger partial charge in [-0.2, -0.15) is 5.10 Å². The van der Waals surface area contributed by atoms with E-state index in [2.05, 4.69) is 39.3 Å². The van der Waals surface area contributed by atoms with Gasteiger partial charge in [-0.1, -0.05) is 13.8 Å². The van der Waals surface area contributed by atoms with Crippen LogP contribution in [0.2, 0.25) is 0 Å². The van der Waals surface area contributed by atoms with Crippen molar-refractivity contribution < 1.29 is 0 Å². The maximum atomic E-state index is 4.72. The molecule has 0 fully saturated rings. The first-order chi connectivity index (χ1) is 11.5. The summed E-state index contributed by atoms with van der Waals surface area (Å²) in [5, 5.41) is 12.1. The highest BCUT2D eigenvalue weighted by molar-refractivity contribution is 7.19. The number of nitrogens with one attached hydrogen (secondary N) is 2. The van der Waals surface area contributed by atoms with E-state index in [1.165, 1.54) is 28.7 Å². The second kappa shape index (κ2) is 5.81. The van der Waals surface area contributed by atoms with Crippen molar-refractivity contribution in [3.05, 3.63) is 27.9 Å². The molecule has 0 amide bonds. The van der Waals surface area contributed by atoms with Gasteiger partial charge in [-0.3, -0.25) is 5.10 Å². The summed E-state index contributed by atoms with van der Waals surface area (Å²) in [5.41, 5.74) is 1.44. The van der Waals surface area contributed by atoms with E-state index in [0.29, 0.717) is 5.92 Å². The summed E-state index contributed by atoms with van der Waals surface area (Å²) in [4.78, 5) is 16.5. The molecule has 4 rings (SSSR count). The fourth-order valence-electron chi connectivity index (χ4n) is 3.38. The summed E-state index contributed by atoms with van der Waals surface area (Å²) >= 11 is 1.82. The zero-order valence-electron chi connectivity index (χ0n) is 14.5. The van der Waals surface area contributed by atoms with E-state index in [-0.39, 0.29) is 6.04 Å². The maximum Gasteiger partial charge on any atom is 0.173 e. The molecule has 3 aromatic heterocycles. The van der Waals surface area contributed by atoms with E-state index in [0.717, 1.165) is 34.5 Å². The van der Waals surface area contributed by atoms with Gasteiger partial charge in [0, 0.05) is 4.88 Å². The van der Waals surface area contributed by atoms with Crippen LogP contribution in [0.3, 0.4) is 0 Å². The number of aromatic amines is 1. The maximum absolute atomic E-state index is 4.72. The van der Waals surface area contributed by atoms with Crippen molar-refractivity contribution >= 4 is 27.4 Å². The van der Waals surface area contributed by atoms with Crippen LogP contribution >= 0.6 is 11.3 Å². The van der Waals surface area contributed by atoms with E-state index in [4.69, 9.17) is 4.98 Å². The minimum absolute atomic E-state index is 0.0180. The lowest BCUT2D eigenvalue weighted by atomic mass is 10.0. The predicted molar refractivity (Wildman–Crippen MR) is 96.5 cm³/mol. The van der Waals surface area contributed by atoms with Crippen LogP contribution in [0.5, 0.6) is 0 Å². The van der Waals surface area contributed by atoms with Gasteiger partial charge in [0.2, 0.25) is 0 Å². The molecule has 6 nitrogen and oxygen atoms in total. The van der Waals surface area contributed by atoms with Crippen LogP contribution in [0, 0.1) is 19.8 Å². The summed E-state index contributed by atoms with van der Waals surface area (Å²) in [6, 6.07) is 0.0180. The number of anilines is 1. The Morgan fingerprint density at radius 2 is 1.96 bits per heavy atom. The third-order valence-electron chi connectivity index (χ3n) is 4.53. The molecule has 0 bridgehead atoms. The molecule has 0 saturated carbocycles. The number of aryl methyl sites for hydroxylation is 4. The van der Waals surface area contributed by atoms with Gasteiger partial charge < -0.3 is 5.32 Å². The molecular formula is C17H22N6S. The Labute approximate surface area is 145 Å². The summed E-state index contributed by atoms with van der Waals surface area (Å²) in [6.45, 7) is 8.22. The van der Waals surface area contributed by atoms with Crippen LogP contribution in [-0.2, 0) is 12.8 Å². The lowest BCUT2D eigenvalue weighted by molar-refractivity contribution is 0.522. The molecule has 2 N–H and O–H groups in total. The van der Waals surface area contributed by atoms with E-state index in [1.54, 1.807) is 0 Å². The van der Waals surface area contributed by atoms with Crippen LogP contribution in [0.25, 0.3) is 10.2 Å². The SMILES string of the molecule is Cc1nc(N[C@@H](c2n[nH]c(C)n2)C(C)C)c2c3c(sc2n1)CCC3. The smallest absolute Gasteiger partial charge is 0.173 e. The first kappa shape index (κ1) is 15.5. The molecule has 1 aliphatic carbocycles. The highest BCUT2D eigenvalue weighted by atomic mass is 32.1.